The summed E-state index contributed by atoms with van der Waals surface area (Å²) in [5.74, 6) is 0.254. The average molecular weight is 225 g/mol. The molecule has 92 valence electrons. The van der Waals surface area contributed by atoms with Crippen LogP contribution >= 0.6 is 0 Å². The number of hydrogen-bond donors (Lipinski definition) is 2. The number of carbonyl (C=O) groups is 1. The quantitative estimate of drug-likeness (QED) is 0.490. The first kappa shape index (κ1) is 13.2. The van der Waals surface area contributed by atoms with Gasteiger partial charge in [0.05, 0.1) is 12.1 Å². The van der Waals surface area contributed by atoms with Crippen LogP contribution in [-0.4, -0.2) is 23.2 Å². The first-order valence-electron chi connectivity index (χ1n) is 6.30. The molecule has 0 radical (unpaired) electrons. The van der Waals surface area contributed by atoms with Gasteiger partial charge in [0.25, 0.3) is 0 Å². The molecule has 1 fully saturated rings. The van der Waals surface area contributed by atoms with E-state index in [1.807, 2.05) is 0 Å². The molecule has 0 aromatic rings. The molecule has 1 aliphatic carbocycles. The van der Waals surface area contributed by atoms with E-state index in [1.54, 1.807) is 6.08 Å². The lowest BCUT2D eigenvalue weighted by atomic mass is 10.0. The monoisotopic (exact) mass is 225 g/mol. The number of hydrogen-bond acceptors (Lipinski definition) is 2. The van der Waals surface area contributed by atoms with Crippen molar-refractivity contribution in [1.29, 1.82) is 0 Å². The Morgan fingerprint density at radius 1 is 1.56 bits per heavy atom. The van der Waals surface area contributed by atoms with E-state index >= 15 is 0 Å². The van der Waals surface area contributed by atoms with Crippen molar-refractivity contribution in [3.8, 4) is 0 Å². The molecule has 16 heavy (non-hydrogen) atoms. The maximum Gasteiger partial charge on any atom is 0.223 e. The maximum atomic E-state index is 11.5. The lowest BCUT2D eigenvalue weighted by molar-refractivity contribution is -0.123. The van der Waals surface area contributed by atoms with Crippen molar-refractivity contribution in [2.45, 2.75) is 57.6 Å². The molecule has 0 bridgehead atoms. The Kier molecular flexibility index (Phi) is 5.53. The van der Waals surface area contributed by atoms with Gasteiger partial charge in [0.1, 0.15) is 0 Å². The largest absolute Gasteiger partial charge is 0.391 e. The van der Waals surface area contributed by atoms with Gasteiger partial charge in [-0.1, -0.05) is 32.3 Å². The Morgan fingerprint density at radius 3 is 2.75 bits per heavy atom. The van der Waals surface area contributed by atoms with Crippen LogP contribution < -0.4 is 5.32 Å². The predicted molar refractivity (Wildman–Crippen MR) is 65.0 cm³/mol. The normalized spacial score (nSPS) is 18.9. The van der Waals surface area contributed by atoms with Crippen LogP contribution in [0.1, 0.15) is 45.4 Å². The summed E-state index contributed by atoms with van der Waals surface area (Å²) >= 11 is 0. The summed E-state index contributed by atoms with van der Waals surface area (Å²) in [4.78, 5) is 11.5. The van der Waals surface area contributed by atoms with Gasteiger partial charge >= 0.3 is 0 Å². The van der Waals surface area contributed by atoms with Crippen LogP contribution in [0.5, 0.6) is 0 Å². The number of nitrogens with one attached hydrogen (secondary N) is 1. The van der Waals surface area contributed by atoms with Crippen LogP contribution in [0.25, 0.3) is 0 Å². The van der Waals surface area contributed by atoms with Gasteiger partial charge in [-0.3, -0.25) is 4.79 Å². The SMILES string of the molecule is C=C[C@H](NC(=O)C1CC1)[C@H](O)CCCCC. The highest BCUT2D eigenvalue weighted by atomic mass is 16.3. The molecule has 0 aliphatic heterocycles. The molecule has 3 nitrogen and oxygen atoms in total. The summed E-state index contributed by atoms with van der Waals surface area (Å²) in [5.41, 5.74) is 0. The summed E-state index contributed by atoms with van der Waals surface area (Å²) in [5, 5.41) is 12.7. The molecule has 0 saturated heterocycles. The van der Waals surface area contributed by atoms with E-state index < -0.39 is 6.10 Å². The summed E-state index contributed by atoms with van der Waals surface area (Å²) < 4.78 is 0. The van der Waals surface area contributed by atoms with Crippen molar-refractivity contribution in [1.82, 2.24) is 5.32 Å². The van der Waals surface area contributed by atoms with E-state index in [4.69, 9.17) is 0 Å². The van der Waals surface area contributed by atoms with Gasteiger partial charge < -0.3 is 10.4 Å². The molecule has 2 N–H and O–H groups in total. The fraction of sp³-hybridized carbons (Fsp3) is 0.769. The van der Waals surface area contributed by atoms with Gasteiger partial charge in [-0.05, 0) is 19.3 Å². The number of aliphatic hydroxyl groups excluding tert-OH is 1. The zero-order chi connectivity index (χ0) is 12.0. The molecule has 2 atom stereocenters. The second-order valence-electron chi connectivity index (χ2n) is 4.61. The van der Waals surface area contributed by atoms with Gasteiger partial charge in [-0.25, -0.2) is 0 Å². The van der Waals surface area contributed by atoms with Crippen LogP contribution in [0.3, 0.4) is 0 Å². The third-order valence-electron chi connectivity index (χ3n) is 3.03. The highest BCUT2D eigenvalue weighted by Crippen LogP contribution is 2.29. The lowest BCUT2D eigenvalue weighted by Gasteiger charge is -2.21. The Labute approximate surface area is 97.9 Å². The molecule has 1 aliphatic rings. The van der Waals surface area contributed by atoms with E-state index in [0.717, 1.165) is 38.5 Å². The van der Waals surface area contributed by atoms with E-state index in [2.05, 4.69) is 18.8 Å². The van der Waals surface area contributed by atoms with Crippen molar-refractivity contribution in [3.63, 3.8) is 0 Å². The first-order chi connectivity index (χ1) is 7.69. The van der Waals surface area contributed by atoms with Crippen LogP contribution in [0.15, 0.2) is 12.7 Å². The maximum absolute atomic E-state index is 11.5. The van der Waals surface area contributed by atoms with E-state index in [1.165, 1.54) is 0 Å². The van der Waals surface area contributed by atoms with Crippen LogP contribution in [0, 0.1) is 5.92 Å². The fourth-order valence-electron chi connectivity index (χ4n) is 1.72. The standard InChI is InChI=1S/C13H23NO2/c1-3-5-6-7-12(15)11(4-2)14-13(16)10-8-9-10/h4,10-12,15H,2-3,5-9H2,1H3,(H,14,16)/t11-,12+/m0/s1. The van der Waals surface area contributed by atoms with E-state index in [-0.39, 0.29) is 17.9 Å². The molecule has 0 heterocycles. The lowest BCUT2D eigenvalue weighted by Crippen LogP contribution is -2.42. The van der Waals surface area contributed by atoms with Crippen LogP contribution in [0.2, 0.25) is 0 Å². The summed E-state index contributed by atoms with van der Waals surface area (Å²) in [6, 6.07) is -0.287. The number of rotatable bonds is 8. The zero-order valence-corrected chi connectivity index (χ0v) is 10.1. The highest BCUT2D eigenvalue weighted by molar-refractivity contribution is 5.81. The molecule has 0 unspecified atom stereocenters. The van der Waals surface area contributed by atoms with E-state index in [0.29, 0.717) is 0 Å². The Hall–Kier alpha value is -0.830. The van der Waals surface area contributed by atoms with Crippen molar-refractivity contribution < 1.29 is 9.90 Å². The van der Waals surface area contributed by atoms with Crippen LogP contribution in [-0.2, 0) is 4.79 Å². The van der Waals surface area contributed by atoms with Crippen LogP contribution in [0.4, 0.5) is 0 Å². The van der Waals surface area contributed by atoms with Crippen molar-refractivity contribution >= 4 is 5.91 Å². The van der Waals surface area contributed by atoms with Gasteiger partial charge in [-0.2, -0.15) is 0 Å². The summed E-state index contributed by atoms with van der Waals surface area (Å²) in [6.45, 7) is 5.80. The number of aliphatic hydroxyl groups is 1. The van der Waals surface area contributed by atoms with Crippen molar-refractivity contribution in [3.05, 3.63) is 12.7 Å². The Morgan fingerprint density at radius 2 is 2.25 bits per heavy atom. The second-order valence-corrected chi connectivity index (χ2v) is 4.61. The Bertz CT molecular complexity index is 236. The smallest absolute Gasteiger partial charge is 0.223 e. The second kappa shape index (κ2) is 6.69. The van der Waals surface area contributed by atoms with Gasteiger partial charge in [0, 0.05) is 5.92 Å². The topological polar surface area (TPSA) is 49.3 Å². The number of carbonyl (C=O) groups excluding carboxylic acids is 1. The summed E-state index contributed by atoms with van der Waals surface area (Å²) in [6.07, 6.45) is 7.11. The van der Waals surface area contributed by atoms with E-state index in [9.17, 15) is 9.90 Å². The molecule has 3 heteroatoms. The molecule has 0 spiro atoms. The molecule has 1 saturated carbocycles. The van der Waals surface area contributed by atoms with Gasteiger partial charge in [0.15, 0.2) is 0 Å². The minimum absolute atomic E-state index is 0.0689. The van der Waals surface area contributed by atoms with Gasteiger partial charge in [-0.15, -0.1) is 6.58 Å². The molecule has 1 amide bonds. The predicted octanol–water partition coefficient (Wildman–Crippen LogP) is 2.01. The third kappa shape index (κ3) is 4.35. The minimum Gasteiger partial charge on any atom is -0.391 e. The van der Waals surface area contributed by atoms with Gasteiger partial charge in [0.2, 0.25) is 5.91 Å². The molecule has 0 aromatic heterocycles. The van der Waals surface area contributed by atoms with Crippen molar-refractivity contribution in [2.75, 3.05) is 0 Å². The molecule has 1 rings (SSSR count). The molecular weight excluding hydrogens is 202 g/mol. The summed E-state index contributed by atoms with van der Waals surface area (Å²) in [7, 11) is 0. The first-order valence-corrected chi connectivity index (χ1v) is 6.30. The number of unbranched alkanes of at least 4 members (excludes halogenated alkanes) is 2. The van der Waals surface area contributed by atoms with Crippen molar-refractivity contribution in [2.24, 2.45) is 5.92 Å². The molecular formula is C13H23NO2. The number of amides is 1. The average Bonchev–Trinajstić information content (AvgIpc) is 3.09. The minimum atomic E-state index is -0.494. The molecule has 0 aromatic carbocycles. The third-order valence-corrected chi connectivity index (χ3v) is 3.03. The fourth-order valence-corrected chi connectivity index (χ4v) is 1.72. The highest BCUT2D eigenvalue weighted by Gasteiger charge is 2.31. The zero-order valence-electron chi connectivity index (χ0n) is 10.1. The Balaban J connectivity index is 2.27.